The molecule has 0 bridgehead atoms. The molecule has 0 aliphatic heterocycles. The zero-order valence-corrected chi connectivity index (χ0v) is 33.4. The first-order valence-corrected chi connectivity index (χ1v) is 21.5. The second-order valence-corrected chi connectivity index (χ2v) is 14.4. The molecule has 7 heteroatoms. The Bertz CT molecular complexity index is 729. The predicted molar refractivity (Wildman–Crippen MR) is 211 cm³/mol. The Kier molecular flexibility index (Phi) is 39.2. The smallest absolute Gasteiger partial charge is 0.330 e. The van der Waals surface area contributed by atoms with Crippen LogP contribution in [0.3, 0.4) is 0 Å². The van der Waals surface area contributed by atoms with E-state index in [-0.39, 0.29) is 24.6 Å². The van der Waals surface area contributed by atoms with Crippen molar-refractivity contribution in [1.82, 2.24) is 4.90 Å². The van der Waals surface area contributed by atoms with Gasteiger partial charge in [-0.1, -0.05) is 142 Å². The van der Waals surface area contributed by atoms with Crippen LogP contribution in [0.25, 0.3) is 0 Å². The van der Waals surface area contributed by atoms with Crippen molar-refractivity contribution in [2.75, 3.05) is 46.1 Å². The minimum Gasteiger partial charge on any atom is -0.463 e. The van der Waals surface area contributed by atoms with Crippen LogP contribution in [0.1, 0.15) is 201 Å². The highest BCUT2D eigenvalue weighted by Crippen LogP contribution is 2.18. The van der Waals surface area contributed by atoms with Crippen molar-refractivity contribution >= 4 is 11.9 Å². The van der Waals surface area contributed by atoms with Crippen LogP contribution in [0.2, 0.25) is 0 Å². The number of ether oxygens (including phenoxy) is 3. The number of rotatable bonds is 40. The van der Waals surface area contributed by atoms with E-state index in [1.54, 1.807) is 6.08 Å². The van der Waals surface area contributed by atoms with Gasteiger partial charge in [-0.15, -0.1) is 0 Å². The Morgan fingerprint density at radius 3 is 1.64 bits per heavy atom. The lowest BCUT2D eigenvalue weighted by molar-refractivity contribution is -0.150. The molecular weight excluding hydrogens is 626 g/mol. The summed E-state index contributed by atoms with van der Waals surface area (Å²) in [6, 6.07) is 0. The molecule has 0 fully saturated rings. The van der Waals surface area contributed by atoms with Crippen LogP contribution in [0.15, 0.2) is 12.2 Å². The monoisotopic (exact) mass is 710 g/mol. The van der Waals surface area contributed by atoms with Crippen LogP contribution in [-0.2, 0) is 23.8 Å². The van der Waals surface area contributed by atoms with Crippen molar-refractivity contribution in [3.63, 3.8) is 0 Å². The van der Waals surface area contributed by atoms with Crippen molar-refractivity contribution < 1.29 is 28.9 Å². The normalized spacial score (nSPS) is 11.7. The molecular formula is C43H83NO6. The fourth-order valence-electron chi connectivity index (χ4n) is 6.36. The third kappa shape index (κ3) is 36.4. The molecule has 0 saturated heterocycles. The van der Waals surface area contributed by atoms with Crippen molar-refractivity contribution in [2.24, 2.45) is 0 Å². The molecule has 0 aromatic carbocycles. The summed E-state index contributed by atoms with van der Waals surface area (Å²) in [4.78, 5) is 26.9. The maximum absolute atomic E-state index is 12.7. The van der Waals surface area contributed by atoms with E-state index in [9.17, 15) is 14.7 Å². The van der Waals surface area contributed by atoms with E-state index in [1.807, 2.05) is 0 Å². The van der Waals surface area contributed by atoms with Gasteiger partial charge in [-0.2, -0.15) is 0 Å². The first-order valence-electron chi connectivity index (χ1n) is 21.5. The number of unbranched alkanes of at least 4 members (excludes halogenated alkanes) is 20. The molecule has 0 spiro atoms. The Morgan fingerprint density at radius 2 is 1.06 bits per heavy atom. The second kappa shape index (κ2) is 40.3. The number of aliphatic hydroxyl groups excluding tert-OH is 1. The highest BCUT2D eigenvalue weighted by atomic mass is 16.5. The number of nitrogens with zero attached hydrogens (tertiary/aromatic N) is 1. The molecule has 0 rings (SSSR count). The van der Waals surface area contributed by atoms with E-state index < -0.39 is 0 Å². The van der Waals surface area contributed by atoms with Gasteiger partial charge < -0.3 is 24.2 Å². The molecule has 0 aliphatic rings. The summed E-state index contributed by atoms with van der Waals surface area (Å²) in [5.74, 6) is -0.287. The molecule has 0 aromatic heterocycles. The maximum atomic E-state index is 12.7. The van der Waals surface area contributed by atoms with Gasteiger partial charge in [-0.25, -0.2) is 4.79 Å². The summed E-state index contributed by atoms with van der Waals surface area (Å²) in [6.45, 7) is 11.3. The maximum Gasteiger partial charge on any atom is 0.330 e. The van der Waals surface area contributed by atoms with Gasteiger partial charge in [0.1, 0.15) is 6.10 Å². The summed E-state index contributed by atoms with van der Waals surface area (Å²) in [5, 5.41) is 9.52. The van der Waals surface area contributed by atoms with E-state index >= 15 is 0 Å². The van der Waals surface area contributed by atoms with Crippen molar-refractivity contribution in [1.29, 1.82) is 0 Å². The standard InChI is InChI=1S/C43H83NO6/c1-4-7-10-13-16-22-30-41(31-23-17-14-11-8-5-2)50-43(47)32-24-18-15-19-25-34-44(36-37-45)35-26-20-21-28-40-49-42(46)33-29-39-48-38-27-12-9-6-3/h29,33,41,45H,4-28,30-32,34-40H2,1-3H3/b33-29-. The number of carbonyl (C=O) groups excluding carboxylic acids is 2. The average Bonchev–Trinajstić information content (AvgIpc) is 3.11. The van der Waals surface area contributed by atoms with Crippen LogP contribution in [0.5, 0.6) is 0 Å². The molecule has 0 heterocycles. The first kappa shape index (κ1) is 48.6. The van der Waals surface area contributed by atoms with Crippen molar-refractivity contribution in [2.45, 2.75) is 207 Å². The van der Waals surface area contributed by atoms with Crippen molar-refractivity contribution in [3.05, 3.63) is 12.2 Å². The van der Waals surface area contributed by atoms with Gasteiger partial charge >= 0.3 is 11.9 Å². The lowest BCUT2D eigenvalue weighted by Gasteiger charge is -2.21. The predicted octanol–water partition coefficient (Wildman–Crippen LogP) is 11.3. The highest BCUT2D eigenvalue weighted by Gasteiger charge is 2.14. The summed E-state index contributed by atoms with van der Waals surface area (Å²) < 4.78 is 16.8. The van der Waals surface area contributed by atoms with E-state index in [2.05, 4.69) is 25.7 Å². The molecule has 0 amide bonds. The first-order chi connectivity index (χ1) is 24.6. The SMILES string of the molecule is CCCCCCCCC(CCCCCCCC)OC(=O)CCCCCCCN(CCO)CCCCCCOC(=O)/C=C\COCCCCCC. The lowest BCUT2D eigenvalue weighted by Crippen LogP contribution is -2.29. The summed E-state index contributed by atoms with van der Waals surface area (Å²) in [5.41, 5.74) is 0. The van der Waals surface area contributed by atoms with E-state index in [0.29, 0.717) is 19.6 Å². The number of aliphatic hydroxyl groups is 1. The molecule has 0 unspecified atom stereocenters. The van der Waals surface area contributed by atoms with Crippen LogP contribution in [-0.4, -0.2) is 74.1 Å². The Morgan fingerprint density at radius 1 is 0.580 bits per heavy atom. The zero-order valence-electron chi connectivity index (χ0n) is 33.4. The fraction of sp³-hybridized carbons (Fsp3) is 0.907. The largest absolute Gasteiger partial charge is 0.463 e. The van der Waals surface area contributed by atoms with Gasteiger partial charge in [0.05, 0.1) is 19.8 Å². The summed E-state index contributed by atoms with van der Waals surface area (Å²) in [7, 11) is 0. The minimum atomic E-state index is -0.292. The van der Waals surface area contributed by atoms with Crippen molar-refractivity contribution in [3.8, 4) is 0 Å². The fourth-order valence-corrected chi connectivity index (χ4v) is 6.36. The van der Waals surface area contributed by atoms with Crippen LogP contribution in [0.4, 0.5) is 0 Å². The molecule has 1 N–H and O–H groups in total. The molecule has 0 aromatic rings. The van der Waals surface area contributed by atoms with Gasteiger partial charge in [-0.05, 0) is 70.9 Å². The lowest BCUT2D eigenvalue weighted by atomic mass is 10.0. The van der Waals surface area contributed by atoms with Gasteiger partial charge in [0.25, 0.3) is 0 Å². The average molecular weight is 710 g/mol. The van der Waals surface area contributed by atoms with Crippen LogP contribution < -0.4 is 0 Å². The van der Waals surface area contributed by atoms with Gasteiger partial charge in [0.2, 0.25) is 0 Å². The van der Waals surface area contributed by atoms with Crippen LogP contribution >= 0.6 is 0 Å². The number of esters is 2. The molecule has 0 aliphatic carbocycles. The van der Waals surface area contributed by atoms with E-state index in [4.69, 9.17) is 14.2 Å². The van der Waals surface area contributed by atoms with E-state index in [0.717, 1.165) is 103 Å². The van der Waals surface area contributed by atoms with Crippen LogP contribution in [0, 0.1) is 0 Å². The highest BCUT2D eigenvalue weighted by molar-refractivity contribution is 5.81. The van der Waals surface area contributed by atoms with Gasteiger partial charge in [0.15, 0.2) is 0 Å². The number of hydrogen-bond acceptors (Lipinski definition) is 7. The zero-order chi connectivity index (χ0) is 36.6. The van der Waals surface area contributed by atoms with Gasteiger partial charge in [0, 0.05) is 25.6 Å². The molecule has 296 valence electrons. The second-order valence-electron chi connectivity index (χ2n) is 14.4. The quantitative estimate of drug-likeness (QED) is 0.0385. The third-order valence-electron chi connectivity index (χ3n) is 9.55. The molecule has 0 radical (unpaired) electrons. The Balaban J connectivity index is 3.98. The Hall–Kier alpha value is -1.44. The minimum absolute atomic E-state index is 0.00462. The molecule has 7 nitrogen and oxygen atoms in total. The molecule has 0 saturated carbocycles. The Labute approximate surface area is 310 Å². The summed E-state index contributed by atoms with van der Waals surface area (Å²) in [6.07, 6.45) is 35.5. The molecule has 0 atom stereocenters. The number of carbonyl (C=O) groups is 2. The topological polar surface area (TPSA) is 85.3 Å². The van der Waals surface area contributed by atoms with Gasteiger partial charge in [-0.3, -0.25) is 4.79 Å². The number of hydrogen-bond donors (Lipinski definition) is 1. The molecule has 50 heavy (non-hydrogen) atoms. The third-order valence-corrected chi connectivity index (χ3v) is 9.55. The summed E-state index contributed by atoms with van der Waals surface area (Å²) >= 11 is 0. The van der Waals surface area contributed by atoms with E-state index in [1.165, 1.54) is 102 Å².